The zero-order valence-corrected chi connectivity index (χ0v) is 9.59. The lowest BCUT2D eigenvalue weighted by atomic mass is 9.84. The topological polar surface area (TPSA) is 38.3 Å². The van der Waals surface area contributed by atoms with Crippen LogP contribution in [0.15, 0.2) is 0 Å². The van der Waals surface area contributed by atoms with Crippen molar-refractivity contribution in [2.24, 2.45) is 11.3 Å². The fourth-order valence-corrected chi connectivity index (χ4v) is 2.15. The van der Waals surface area contributed by atoms with Crippen molar-refractivity contribution in [3.63, 3.8) is 0 Å². The maximum absolute atomic E-state index is 11.2. The largest absolute Gasteiger partial charge is 0.468 e. The Bertz CT molecular complexity index is 208. The maximum Gasteiger partial charge on any atom is 0.322 e. The van der Waals surface area contributed by atoms with E-state index in [-0.39, 0.29) is 12.0 Å². The van der Waals surface area contributed by atoms with E-state index in [4.69, 9.17) is 4.74 Å². The second-order valence-corrected chi connectivity index (χ2v) is 5.35. The molecule has 1 saturated heterocycles. The van der Waals surface area contributed by atoms with Crippen molar-refractivity contribution in [3.05, 3.63) is 0 Å². The highest BCUT2D eigenvalue weighted by Gasteiger charge is 2.32. The molecular formula is C11H21NO2. The van der Waals surface area contributed by atoms with E-state index in [9.17, 15) is 4.79 Å². The summed E-state index contributed by atoms with van der Waals surface area (Å²) in [6.45, 7) is 7.65. The van der Waals surface area contributed by atoms with Crippen LogP contribution < -0.4 is 5.32 Å². The standard InChI is InChI=1S/C11H21NO2/c1-11(2,3)6-8-5-9(12-7-8)10(13)14-4/h8-9,12H,5-7H2,1-4H3. The zero-order chi connectivity index (χ0) is 10.8. The minimum Gasteiger partial charge on any atom is -0.468 e. The summed E-state index contributed by atoms with van der Waals surface area (Å²) in [6, 6.07) is -0.0765. The molecule has 1 aliphatic rings. The minimum absolute atomic E-state index is 0.0765. The second-order valence-electron chi connectivity index (χ2n) is 5.35. The average Bonchev–Trinajstić information content (AvgIpc) is 2.48. The smallest absolute Gasteiger partial charge is 0.322 e. The Morgan fingerprint density at radius 3 is 2.64 bits per heavy atom. The Morgan fingerprint density at radius 2 is 2.14 bits per heavy atom. The first-order valence-corrected chi connectivity index (χ1v) is 5.23. The van der Waals surface area contributed by atoms with Crippen molar-refractivity contribution in [3.8, 4) is 0 Å². The SMILES string of the molecule is COC(=O)C1CC(CC(C)(C)C)CN1. The molecular weight excluding hydrogens is 178 g/mol. The van der Waals surface area contributed by atoms with E-state index < -0.39 is 0 Å². The minimum atomic E-state index is -0.124. The van der Waals surface area contributed by atoms with Gasteiger partial charge in [-0.15, -0.1) is 0 Å². The molecule has 0 spiro atoms. The lowest BCUT2D eigenvalue weighted by Gasteiger charge is -2.22. The average molecular weight is 199 g/mol. The number of carbonyl (C=O) groups is 1. The van der Waals surface area contributed by atoms with E-state index >= 15 is 0 Å². The van der Waals surface area contributed by atoms with Gasteiger partial charge in [0.1, 0.15) is 6.04 Å². The van der Waals surface area contributed by atoms with Gasteiger partial charge in [0, 0.05) is 0 Å². The van der Waals surface area contributed by atoms with Crippen LogP contribution >= 0.6 is 0 Å². The van der Waals surface area contributed by atoms with Crippen molar-refractivity contribution in [2.75, 3.05) is 13.7 Å². The third-order valence-corrected chi connectivity index (χ3v) is 2.61. The van der Waals surface area contributed by atoms with Gasteiger partial charge in [0.25, 0.3) is 0 Å². The third kappa shape index (κ3) is 3.29. The monoisotopic (exact) mass is 199 g/mol. The summed E-state index contributed by atoms with van der Waals surface area (Å²) in [5.74, 6) is 0.487. The summed E-state index contributed by atoms with van der Waals surface area (Å²) < 4.78 is 4.71. The van der Waals surface area contributed by atoms with Gasteiger partial charge in [-0.1, -0.05) is 20.8 Å². The predicted octanol–water partition coefficient (Wildman–Crippen LogP) is 1.57. The fraction of sp³-hybridized carbons (Fsp3) is 0.909. The van der Waals surface area contributed by atoms with Crippen molar-refractivity contribution >= 4 is 5.97 Å². The van der Waals surface area contributed by atoms with Gasteiger partial charge in [0.05, 0.1) is 7.11 Å². The summed E-state index contributed by atoms with van der Waals surface area (Å²) in [5.41, 5.74) is 0.345. The number of hydrogen-bond acceptors (Lipinski definition) is 3. The highest BCUT2D eigenvalue weighted by atomic mass is 16.5. The Morgan fingerprint density at radius 1 is 1.50 bits per heavy atom. The molecule has 0 aromatic heterocycles. The van der Waals surface area contributed by atoms with Crippen LogP contribution in [0.2, 0.25) is 0 Å². The Balaban J connectivity index is 2.38. The normalized spacial score (nSPS) is 27.7. The number of rotatable bonds is 2. The first-order valence-electron chi connectivity index (χ1n) is 5.23. The van der Waals surface area contributed by atoms with E-state index in [1.54, 1.807) is 0 Å². The van der Waals surface area contributed by atoms with Crippen LogP contribution in [-0.4, -0.2) is 25.7 Å². The first kappa shape index (κ1) is 11.5. The fourth-order valence-electron chi connectivity index (χ4n) is 2.15. The molecule has 3 nitrogen and oxygen atoms in total. The number of methoxy groups -OCH3 is 1. The lowest BCUT2D eigenvalue weighted by Crippen LogP contribution is -2.31. The molecule has 1 rings (SSSR count). The van der Waals surface area contributed by atoms with Gasteiger partial charge >= 0.3 is 5.97 Å². The molecule has 0 aromatic rings. The van der Waals surface area contributed by atoms with Crippen LogP contribution in [0, 0.1) is 11.3 Å². The summed E-state index contributed by atoms with van der Waals surface area (Å²) in [4.78, 5) is 11.2. The van der Waals surface area contributed by atoms with Crippen LogP contribution in [0.4, 0.5) is 0 Å². The molecule has 0 saturated carbocycles. The van der Waals surface area contributed by atoms with Crippen LogP contribution in [0.25, 0.3) is 0 Å². The van der Waals surface area contributed by atoms with E-state index in [2.05, 4.69) is 26.1 Å². The summed E-state index contributed by atoms with van der Waals surface area (Å²) in [7, 11) is 1.45. The van der Waals surface area contributed by atoms with E-state index in [0.717, 1.165) is 19.4 Å². The number of carbonyl (C=O) groups excluding carboxylic acids is 1. The molecule has 0 aliphatic carbocycles. The van der Waals surface area contributed by atoms with Crippen molar-refractivity contribution in [2.45, 2.75) is 39.7 Å². The highest BCUT2D eigenvalue weighted by molar-refractivity contribution is 5.75. The van der Waals surface area contributed by atoms with Gasteiger partial charge in [0.15, 0.2) is 0 Å². The molecule has 1 aliphatic heterocycles. The van der Waals surface area contributed by atoms with Crippen molar-refractivity contribution in [1.29, 1.82) is 0 Å². The van der Waals surface area contributed by atoms with E-state index in [1.807, 2.05) is 0 Å². The Labute approximate surface area is 86.2 Å². The molecule has 82 valence electrons. The second kappa shape index (κ2) is 4.30. The maximum atomic E-state index is 11.2. The third-order valence-electron chi connectivity index (χ3n) is 2.61. The van der Waals surface area contributed by atoms with Crippen LogP contribution in [0.3, 0.4) is 0 Å². The first-order chi connectivity index (χ1) is 6.42. The number of nitrogens with one attached hydrogen (secondary N) is 1. The molecule has 3 heteroatoms. The van der Waals surface area contributed by atoms with Gasteiger partial charge in [0.2, 0.25) is 0 Å². The summed E-state index contributed by atoms with van der Waals surface area (Å²) in [5, 5.41) is 3.21. The molecule has 1 fully saturated rings. The number of ether oxygens (including phenoxy) is 1. The van der Waals surface area contributed by atoms with Crippen LogP contribution in [0.5, 0.6) is 0 Å². The molecule has 1 heterocycles. The molecule has 1 N–H and O–H groups in total. The van der Waals surface area contributed by atoms with Crippen LogP contribution in [-0.2, 0) is 9.53 Å². The van der Waals surface area contributed by atoms with Gasteiger partial charge in [-0.25, -0.2) is 0 Å². The van der Waals surface area contributed by atoms with Crippen molar-refractivity contribution < 1.29 is 9.53 Å². The van der Waals surface area contributed by atoms with Gasteiger partial charge in [-0.3, -0.25) is 4.79 Å². The summed E-state index contributed by atoms with van der Waals surface area (Å²) >= 11 is 0. The molecule has 0 aromatic carbocycles. The number of esters is 1. The zero-order valence-electron chi connectivity index (χ0n) is 9.59. The molecule has 0 radical (unpaired) electrons. The van der Waals surface area contributed by atoms with Crippen molar-refractivity contribution in [1.82, 2.24) is 5.32 Å². The van der Waals surface area contributed by atoms with Gasteiger partial charge < -0.3 is 10.1 Å². The Kier molecular flexibility index (Phi) is 3.53. The van der Waals surface area contributed by atoms with Gasteiger partial charge in [-0.2, -0.15) is 0 Å². The van der Waals surface area contributed by atoms with E-state index in [0.29, 0.717) is 11.3 Å². The molecule has 14 heavy (non-hydrogen) atoms. The van der Waals surface area contributed by atoms with Gasteiger partial charge in [-0.05, 0) is 30.7 Å². The molecule has 2 unspecified atom stereocenters. The lowest BCUT2D eigenvalue weighted by molar-refractivity contribution is -0.142. The molecule has 0 amide bonds. The molecule has 2 atom stereocenters. The Hall–Kier alpha value is -0.570. The number of hydrogen-bond donors (Lipinski definition) is 1. The van der Waals surface area contributed by atoms with E-state index in [1.165, 1.54) is 7.11 Å². The quantitative estimate of drug-likeness (QED) is 0.686. The predicted molar refractivity (Wildman–Crippen MR) is 56.0 cm³/mol. The highest BCUT2D eigenvalue weighted by Crippen LogP contribution is 2.29. The van der Waals surface area contributed by atoms with Crippen LogP contribution in [0.1, 0.15) is 33.6 Å². The summed E-state index contributed by atoms with van der Waals surface area (Å²) in [6.07, 6.45) is 2.08. The molecule has 0 bridgehead atoms.